The minimum Gasteiger partial charge on any atom is -0.300 e. The van der Waals surface area contributed by atoms with E-state index >= 15 is 0 Å². The SMILES string of the molecule is Cc1cn2c3c(cccc13)-c1[nH]ncc1N=C2c1c(F)cccc1F. The molecule has 6 heteroatoms. The van der Waals surface area contributed by atoms with Crippen LogP contribution in [0.4, 0.5) is 14.5 Å². The number of fused-ring (bicyclic) bond motifs is 2. The van der Waals surface area contributed by atoms with Crippen molar-refractivity contribution in [3.63, 3.8) is 0 Å². The highest BCUT2D eigenvalue weighted by molar-refractivity contribution is 6.13. The third-order valence-corrected chi connectivity index (χ3v) is 4.55. The number of nitrogens with zero attached hydrogens (tertiary/aromatic N) is 3. The lowest BCUT2D eigenvalue weighted by Gasteiger charge is -2.11. The van der Waals surface area contributed by atoms with Crippen LogP contribution in [0.2, 0.25) is 0 Å². The summed E-state index contributed by atoms with van der Waals surface area (Å²) >= 11 is 0. The van der Waals surface area contributed by atoms with Crippen molar-refractivity contribution in [3.05, 3.63) is 71.6 Å². The van der Waals surface area contributed by atoms with E-state index in [4.69, 9.17) is 0 Å². The summed E-state index contributed by atoms with van der Waals surface area (Å²) in [6, 6.07) is 9.71. The number of para-hydroxylation sites is 1. The number of aromatic nitrogens is 3. The number of hydrogen-bond donors (Lipinski definition) is 1. The normalized spacial score (nSPS) is 12.8. The Bertz CT molecular complexity index is 1160. The Labute approximate surface area is 141 Å². The van der Waals surface area contributed by atoms with Crippen molar-refractivity contribution < 1.29 is 8.78 Å². The number of rotatable bonds is 1. The van der Waals surface area contributed by atoms with Crippen LogP contribution in [0.3, 0.4) is 0 Å². The molecular formula is C19H12F2N4. The summed E-state index contributed by atoms with van der Waals surface area (Å²) in [5.41, 5.74) is 3.88. The summed E-state index contributed by atoms with van der Waals surface area (Å²) in [6.45, 7) is 1.97. The van der Waals surface area contributed by atoms with Gasteiger partial charge in [-0.1, -0.05) is 24.3 Å². The second-order valence-corrected chi connectivity index (χ2v) is 6.05. The predicted molar refractivity (Wildman–Crippen MR) is 92.2 cm³/mol. The number of H-pyrrole nitrogens is 1. The zero-order valence-electron chi connectivity index (χ0n) is 13.2. The van der Waals surface area contributed by atoms with Crippen LogP contribution in [0.1, 0.15) is 11.1 Å². The fourth-order valence-corrected chi connectivity index (χ4v) is 3.44. The van der Waals surface area contributed by atoms with Crippen molar-refractivity contribution in [2.24, 2.45) is 4.99 Å². The lowest BCUT2D eigenvalue weighted by molar-refractivity contribution is 0.578. The molecule has 4 aromatic rings. The van der Waals surface area contributed by atoms with Gasteiger partial charge in [0.2, 0.25) is 0 Å². The first-order valence-electron chi connectivity index (χ1n) is 7.83. The maximum Gasteiger partial charge on any atom is 0.151 e. The van der Waals surface area contributed by atoms with Gasteiger partial charge < -0.3 is 0 Å². The van der Waals surface area contributed by atoms with E-state index in [-0.39, 0.29) is 11.4 Å². The first-order valence-corrected chi connectivity index (χ1v) is 7.83. The Hall–Kier alpha value is -3.28. The summed E-state index contributed by atoms with van der Waals surface area (Å²) in [5.74, 6) is -1.09. The van der Waals surface area contributed by atoms with Crippen LogP contribution in [0, 0.1) is 18.6 Å². The highest BCUT2D eigenvalue weighted by Gasteiger charge is 2.25. The molecule has 0 amide bonds. The monoisotopic (exact) mass is 334 g/mol. The number of aromatic amines is 1. The van der Waals surface area contributed by atoms with Gasteiger partial charge in [-0.25, -0.2) is 13.8 Å². The van der Waals surface area contributed by atoms with Crippen LogP contribution in [-0.2, 0) is 0 Å². The summed E-state index contributed by atoms with van der Waals surface area (Å²) in [6.07, 6.45) is 3.42. The van der Waals surface area contributed by atoms with Gasteiger partial charge in [-0.3, -0.25) is 9.67 Å². The molecule has 0 atom stereocenters. The van der Waals surface area contributed by atoms with Gasteiger partial charge in [0.25, 0.3) is 0 Å². The molecule has 0 fully saturated rings. The van der Waals surface area contributed by atoms with E-state index in [1.54, 1.807) is 10.8 Å². The predicted octanol–water partition coefficient (Wildman–Crippen LogP) is 4.56. The van der Waals surface area contributed by atoms with Gasteiger partial charge >= 0.3 is 0 Å². The maximum absolute atomic E-state index is 14.5. The molecule has 122 valence electrons. The van der Waals surface area contributed by atoms with E-state index in [9.17, 15) is 8.78 Å². The van der Waals surface area contributed by atoms with Gasteiger partial charge in [0, 0.05) is 17.1 Å². The van der Waals surface area contributed by atoms with E-state index in [2.05, 4.69) is 15.2 Å². The maximum atomic E-state index is 14.5. The van der Waals surface area contributed by atoms with Crippen LogP contribution < -0.4 is 0 Å². The Morgan fingerprint density at radius 3 is 2.60 bits per heavy atom. The number of hydrogen-bond acceptors (Lipinski definition) is 2. The van der Waals surface area contributed by atoms with Gasteiger partial charge in [0.05, 0.1) is 23.0 Å². The number of halogens is 2. The van der Waals surface area contributed by atoms with Crippen LogP contribution in [0.15, 0.2) is 53.8 Å². The van der Waals surface area contributed by atoms with E-state index in [0.717, 1.165) is 27.7 Å². The number of aryl methyl sites for hydroxylation is 1. The fourth-order valence-electron chi connectivity index (χ4n) is 3.44. The topological polar surface area (TPSA) is 46.0 Å². The molecule has 1 aliphatic rings. The molecule has 2 aromatic carbocycles. The Morgan fingerprint density at radius 1 is 1.04 bits per heavy atom. The molecule has 0 spiro atoms. The molecule has 1 aliphatic heterocycles. The van der Waals surface area contributed by atoms with E-state index in [1.165, 1.54) is 18.2 Å². The summed E-state index contributed by atoms with van der Waals surface area (Å²) in [7, 11) is 0. The smallest absolute Gasteiger partial charge is 0.151 e. The standard InChI is InChI=1S/C19H12F2N4/c1-10-9-25-18-11(10)4-2-5-12(18)17-15(8-22-24-17)23-19(25)16-13(20)6-3-7-14(16)21/h2-9H,1H3,(H,22,24). The lowest BCUT2D eigenvalue weighted by atomic mass is 10.1. The molecule has 0 unspecified atom stereocenters. The van der Waals surface area contributed by atoms with E-state index < -0.39 is 11.6 Å². The number of benzene rings is 2. The first-order chi connectivity index (χ1) is 12.1. The third kappa shape index (κ3) is 1.85. The van der Waals surface area contributed by atoms with Crippen LogP contribution >= 0.6 is 0 Å². The second kappa shape index (κ2) is 4.86. The summed E-state index contributed by atoms with van der Waals surface area (Å²) < 4.78 is 30.7. The molecule has 3 heterocycles. The third-order valence-electron chi connectivity index (χ3n) is 4.55. The second-order valence-electron chi connectivity index (χ2n) is 6.05. The van der Waals surface area contributed by atoms with Crippen LogP contribution in [0.25, 0.3) is 22.2 Å². The van der Waals surface area contributed by atoms with Crippen molar-refractivity contribution >= 4 is 22.4 Å². The molecule has 0 saturated heterocycles. The van der Waals surface area contributed by atoms with Gasteiger partial charge in [0.1, 0.15) is 17.3 Å². The van der Waals surface area contributed by atoms with E-state index in [0.29, 0.717) is 5.69 Å². The minimum absolute atomic E-state index is 0.150. The van der Waals surface area contributed by atoms with Crippen LogP contribution in [0.5, 0.6) is 0 Å². The van der Waals surface area contributed by atoms with E-state index in [1.807, 2.05) is 31.3 Å². The largest absolute Gasteiger partial charge is 0.300 e. The number of nitrogens with one attached hydrogen (secondary N) is 1. The van der Waals surface area contributed by atoms with Crippen molar-refractivity contribution in [1.82, 2.24) is 14.8 Å². The zero-order valence-corrected chi connectivity index (χ0v) is 13.2. The average Bonchev–Trinajstić information content (AvgIpc) is 3.15. The molecular weight excluding hydrogens is 322 g/mol. The molecule has 5 rings (SSSR count). The van der Waals surface area contributed by atoms with Crippen LogP contribution in [-0.4, -0.2) is 20.6 Å². The first kappa shape index (κ1) is 14.1. The molecule has 25 heavy (non-hydrogen) atoms. The van der Waals surface area contributed by atoms with Crippen molar-refractivity contribution in [2.45, 2.75) is 6.92 Å². The number of aliphatic imine (C=N–C) groups is 1. The Kier molecular flexibility index (Phi) is 2.74. The molecule has 0 saturated carbocycles. The van der Waals surface area contributed by atoms with Crippen molar-refractivity contribution in [1.29, 1.82) is 0 Å². The Morgan fingerprint density at radius 2 is 1.80 bits per heavy atom. The summed E-state index contributed by atoms with van der Waals surface area (Å²) in [4.78, 5) is 4.55. The average molecular weight is 334 g/mol. The highest BCUT2D eigenvalue weighted by atomic mass is 19.1. The zero-order chi connectivity index (χ0) is 17.1. The molecule has 0 bridgehead atoms. The lowest BCUT2D eigenvalue weighted by Crippen LogP contribution is -2.16. The highest BCUT2D eigenvalue weighted by Crippen LogP contribution is 2.39. The molecule has 0 radical (unpaired) electrons. The summed E-state index contributed by atoms with van der Waals surface area (Å²) in [5, 5.41) is 8.01. The quantitative estimate of drug-likeness (QED) is 0.480. The minimum atomic E-state index is -0.650. The van der Waals surface area contributed by atoms with Crippen molar-refractivity contribution in [3.8, 4) is 11.3 Å². The molecule has 1 N–H and O–H groups in total. The molecule has 4 nitrogen and oxygen atoms in total. The fraction of sp³-hybridized carbons (Fsp3) is 0.0526. The molecule has 2 aromatic heterocycles. The molecule has 0 aliphatic carbocycles. The van der Waals surface area contributed by atoms with Crippen molar-refractivity contribution in [2.75, 3.05) is 0 Å². The van der Waals surface area contributed by atoms with Gasteiger partial charge in [-0.2, -0.15) is 5.10 Å². The van der Waals surface area contributed by atoms with Gasteiger partial charge in [0.15, 0.2) is 5.84 Å². The van der Waals surface area contributed by atoms with Gasteiger partial charge in [-0.05, 0) is 24.6 Å². The van der Waals surface area contributed by atoms with Gasteiger partial charge in [-0.15, -0.1) is 0 Å². The Balaban J connectivity index is 1.97.